The van der Waals surface area contributed by atoms with E-state index in [1.54, 1.807) is 17.1 Å². The summed E-state index contributed by atoms with van der Waals surface area (Å²) < 4.78 is 19.6. The van der Waals surface area contributed by atoms with E-state index in [1.165, 1.54) is 24.3 Å². The minimum absolute atomic E-state index is 0.117. The maximum absolute atomic E-state index is 13.7. The number of hydrogen-bond acceptors (Lipinski definition) is 4. The van der Waals surface area contributed by atoms with Crippen molar-refractivity contribution in [3.63, 3.8) is 0 Å². The second kappa shape index (κ2) is 8.92. The largest absolute Gasteiger partial charge is 0.359 e. The minimum atomic E-state index is -1.21. The molecule has 2 saturated heterocycles. The molecule has 8 heteroatoms. The Morgan fingerprint density at radius 2 is 1.80 bits per heavy atom. The number of rotatable bonds is 7. The van der Waals surface area contributed by atoms with Crippen molar-refractivity contribution in [2.75, 3.05) is 11.9 Å². The van der Waals surface area contributed by atoms with Gasteiger partial charge in [-0.15, -0.1) is 0 Å². The van der Waals surface area contributed by atoms with Gasteiger partial charge in [-0.3, -0.25) is 14.4 Å². The van der Waals surface area contributed by atoms with Crippen LogP contribution >= 0.6 is 0 Å². The Balaban J connectivity index is 1.42. The molecule has 3 amide bonds. The van der Waals surface area contributed by atoms with E-state index in [2.05, 4.69) is 10.6 Å². The highest BCUT2D eigenvalue weighted by Crippen LogP contribution is 2.55. The second-order valence-corrected chi connectivity index (χ2v) is 9.79. The zero-order valence-electron chi connectivity index (χ0n) is 19.6. The fourth-order valence-electron chi connectivity index (χ4n) is 5.50. The quantitative estimate of drug-likeness (QED) is 0.601. The fraction of sp³-hybridized carbons (Fsp3) is 0.370. The van der Waals surface area contributed by atoms with Gasteiger partial charge in [0.1, 0.15) is 17.5 Å². The standard InChI is InChI=1S/C27H28FN3O4/c1-16(2)15-31-23(25(33)29-14-17-6-4-3-5-7-17)27-13-12-20(35-27)21(22(27)26(31)34)24(32)30-19-10-8-18(28)9-11-19/h3-13,16,20-23H,14-15H2,1-2H3,(H,29,33)(H,30,32)/t20-,21-,22+,23-,27+/m1/s1. The number of halogens is 1. The molecule has 2 aromatic carbocycles. The van der Waals surface area contributed by atoms with Gasteiger partial charge >= 0.3 is 0 Å². The van der Waals surface area contributed by atoms with E-state index < -0.39 is 35.4 Å². The first-order valence-corrected chi connectivity index (χ1v) is 11.9. The Bertz CT molecular complexity index is 1170. The molecule has 2 N–H and O–H groups in total. The summed E-state index contributed by atoms with van der Waals surface area (Å²) in [5.41, 5.74) is 0.166. The highest BCUT2D eigenvalue weighted by Gasteiger charge is 2.72. The van der Waals surface area contributed by atoms with E-state index >= 15 is 0 Å². The average molecular weight is 478 g/mol. The Morgan fingerprint density at radius 1 is 1.09 bits per heavy atom. The molecule has 0 aliphatic carbocycles. The third-order valence-corrected chi connectivity index (χ3v) is 6.91. The van der Waals surface area contributed by atoms with Crippen LogP contribution in [0.2, 0.25) is 0 Å². The number of carbonyl (C=O) groups is 3. The molecule has 0 unspecified atom stereocenters. The first kappa shape index (κ1) is 23.2. The van der Waals surface area contributed by atoms with Crippen LogP contribution in [0.3, 0.4) is 0 Å². The zero-order valence-corrected chi connectivity index (χ0v) is 19.6. The first-order valence-electron chi connectivity index (χ1n) is 11.9. The van der Waals surface area contributed by atoms with Crippen LogP contribution in [0.1, 0.15) is 19.4 Å². The van der Waals surface area contributed by atoms with Crippen molar-refractivity contribution in [1.82, 2.24) is 10.2 Å². The summed E-state index contributed by atoms with van der Waals surface area (Å²) in [4.78, 5) is 42.1. The van der Waals surface area contributed by atoms with E-state index in [-0.39, 0.29) is 23.6 Å². The van der Waals surface area contributed by atoms with Gasteiger partial charge in [0.15, 0.2) is 0 Å². The summed E-state index contributed by atoms with van der Waals surface area (Å²) in [7, 11) is 0. The van der Waals surface area contributed by atoms with E-state index in [0.717, 1.165) is 5.56 Å². The number of benzene rings is 2. The third-order valence-electron chi connectivity index (χ3n) is 6.91. The van der Waals surface area contributed by atoms with Gasteiger partial charge in [-0.05, 0) is 35.7 Å². The van der Waals surface area contributed by atoms with Crippen LogP contribution < -0.4 is 10.6 Å². The van der Waals surface area contributed by atoms with E-state index in [1.807, 2.05) is 44.2 Å². The highest BCUT2D eigenvalue weighted by atomic mass is 19.1. The molecule has 3 heterocycles. The highest BCUT2D eigenvalue weighted by molar-refractivity contribution is 6.02. The van der Waals surface area contributed by atoms with Crippen molar-refractivity contribution in [1.29, 1.82) is 0 Å². The van der Waals surface area contributed by atoms with Crippen LogP contribution in [0.5, 0.6) is 0 Å². The van der Waals surface area contributed by atoms with Gasteiger partial charge in [0.25, 0.3) is 0 Å². The van der Waals surface area contributed by atoms with Crippen LogP contribution in [-0.4, -0.2) is 46.9 Å². The maximum atomic E-state index is 13.7. The van der Waals surface area contributed by atoms with Crippen molar-refractivity contribution in [2.45, 2.75) is 38.1 Å². The van der Waals surface area contributed by atoms with Crippen molar-refractivity contribution in [3.8, 4) is 0 Å². The number of anilines is 1. The lowest BCUT2D eigenvalue weighted by Gasteiger charge is -2.32. The topological polar surface area (TPSA) is 87.7 Å². The van der Waals surface area contributed by atoms with Crippen LogP contribution in [0.25, 0.3) is 0 Å². The van der Waals surface area contributed by atoms with Gasteiger partial charge in [-0.25, -0.2) is 4.39 Å². The summed E-state index contributed by atoms with van der Waals surface area (Å²) in [6.07, 6.45) is 2.94. The maximum Gasteiger partial charge on any atom is 0.246 e. The van der Waals surface area contributed by atoms with Gasteiger partial charge in [0.05, 0.1) is 17.9 Å². The summed E-state index contributed by atoms with van der Waals surface area (Å²) >= 11 is 0. The molecule has 35 heavy (non-hydrogen) atoms. The molecule has 2 fully saturated rings. The molecule has 7 nitrogen and oxygen atoms in total. The van der Waals surface area contributed by atoms with Crippen molar-refractivity contribution in [2.24, 2.45) is 17.8 Å². The number of likely N-dealkylation sites (tertiary alicyclic amines) is 1. The number of amides is 3. The molecule has 2 bridgehead atoms. The molecule has 0 radical (unpaired) electrons. The fourth-order valence-corrected chi connectivity index (χ4v) is 5.50. The summed E-state index contributed by atoms with van der Waals surface area (Å²) in [5.74, 6) is -2.86. The lowest BCUT2D eigenvalue weighted by atomic mass is 9.74. The Morgan fingerprint density at radius 3 is 2.49 bits per heavy atom. The monoisotopic (exact) mass is 477 g/mol. The first-order chi connectivity index (χ1) is 16.8. The number of carbonyl (C=O) groups excluding carboxylic acids is 3. The van der Waals surface area contributed by atoms with Gasteiger partial charge in [-0.1, -0.05) is 56.3 Å². The van der Waals surface area contributed by atoms with Gasteiger partial charge in [0, 0.05) is 18.8 Å². The van der Waals surface area contributed by atoms with Crippen LogP contribution in [0.4, 0.5) is 10.1 Å². The molecule has 2 aromatic rings. The lowest BCUT2D eigenvalue weighted by molar-refractivity contribution is -0.141. The smallest absolute Gasteiger partial charge is 0.246 e. The molecule has 5 rings (SSSR count). The molecule has 0 aromatic heterocycles. The van der Waals surface area contributed by atoms with Crippen molar-refractivity contribution < 1.29 is 23.5 Å². The molecular weight excluding hydrogens is 449 g/mol. The van der Waals surface area contributed by atoms with E-state index in [4.69, 9.17) is 4.74 Å². The van der Waals surface area contributed by atoms with Crippen molar-refractivity contribution in [3.05, 3.63) is 78.1 Å². The average Bonchev–Trinajstić information content (AvgIpc) is 3.47. The van der Waals surface area contributed by atoms with Gasteiger partial charge in [-0.2, -0.15) is 0 Å². The number of hydrogen-bond donors (Lipinski definition) is 2. The number of nitrogens with one attached hydrogen (secondary N) is 2. The molecule has 5 atom stereocenters. The summed E-state index contributed by atoms with van der Waals surface area (Å²) in [6.45, 7) is 4.65. The van der Waals surface area contributed by atoms with E-state index in [9.17, 15) is 18.8 Å². The second-order valence-electron chi connectivity index (χ2n) is 9.79. The van der Waals surface area contributed by atoms with E-state index in [0.29, 0.717) is 18.8 Å². The third kappa shape index (κ3) is 4.01. The van der Waals surface area contributed by atoms with Crippen molar-refractivity contribution >= 4 is 23.4 Å². The summed E-state index contributed by atoms with van der Waals surface area (Å²) in [6, 6.07) is 14.1. The number of fused-ring (bicyclic) bond motifs is 1. The predicted octanol–water partition coefficient (Wildman–Crippen LogP) is 2.89. The molecule has 3 aliphatic rings. The normalized spacial score (nSPS) is 28.5. The molecular formula is C27H28FN3O4. The SMILES string of the molecule is CC(C)CN1C(=O)[C@@H]2[C@H](C(=O)Nc3ccc(F)cc3)[C@H]3C=C[C@@]2(O3)[C@H]1C(=O)NCc1ccccc1. The van der Waals surface area contributed by atoms with Crippen LogP contribution in [-0.2, 0) is 25.7 Å². The van der Waals surface area contributed by atoms with Gasteiger partial charge in [0.2, 0.25) is 17.7 Å². The molecule has 3 aliphatic heterocycles. The zero-order chi connectivity index (χ0) is 24.7. The van der Waals surface area contributed by atoms with Crippen LogP contribution in [0, 0.1) is 23.6 Å². The Hall–Kier alpha value is -3.52. The Kier molecular flexibility index (Phi) is 5.92. The predicted molar refractivity (Wildman–Crippen MR) is 127 cm³/mol. The molecule has 1 spiro atoms. The minimum Gasteiger partial charge on any atom is -0.359 e. The van der Waals surface area contributed by atoms with Gasteiger partial charge < -0.3 is 20.3 Å². The number of ether oxygens (including phenoxy) is 1. The lowest BCUT2D eigenvalue weighted by Crippen LogP contribution is -2.55. The van der Waals surface area contributed by atoms with Crippen LogP contribution in [0.15, 0.2) is 66.7 Å². The number of nitrogens with zero attached hydrogens (tertiary/aromatic N) is 1. The summed E-state index contributed by atoms with van der Waals surface area (Å²) in [5, 5.41) is 5.74. The Labute approximate surface area is 203 Å². The molecule has 182 valence electrons. The molecule has 0 saturated carbocycles.